The highest BCUT2D eigenvalue weighted by Crippen LogP contribution is 2.56. The molecule has 0 radical (unpaired) electrons. The van der Waals surface area contributed by atoms with Crippen molar-refractivity contribution in [2.24, 2.45) is 0 Å². The van der Waals surface area contributed by atoms with Crippen molar-refractivity contribution in [1.82, 2.24) is 15.0 Å². The van der Waals surface area contributed by atoms with Crippen LogP contribution < -0.4 is 0 Å². The van der Waals surface area contributed by atoms with Crippen LogP contribution in [0.5, 0.6) is 0 Å². The van der Waals surface area contributed by atoms with E-state index in [4.69, 9.17) is 15.0 Å². The van der Waals surface area contributed by atoms with E-state index in [1.54, 1.807) is 0 Å². The van der Waals surface area contributed by atoms with E-state index in [9.17, 15) is 0 Å². The van der Waals surface area contributed by atoms with E-state index in [1.165, 1.54) is 49.7 Å². The van der Waals surface area contributed by atoms with Gasteiger partial charge in [0.1, 0.15) is 0 Å². The van der Waals surface area contributed by atoms with Crippen LogP contribution in [-0.2, 0) is 5.41 Å². The highest BCUT2D eigenvalue weighted by molar-refractivity contribution is 6.02. The van der Waals surface area contributed by atoms with Crippen molar-refractivity contribution < 1.29 is 0 Å². The van der Waals surface area contributed by atoms with Crippen LogP contribution in [0.4, 0.5) is 0 Å². The van der Waals surface area contributed by atoms with Gasteiger partial charge in [-0.25, -0.2) is 15.0 Å². The molecule has 1 aliphatic rings. The second-order valence-electron chi connectivity index (χ2n) is 14.7. The minimum absolute atomic E-state index is 0.532. The normalized spacial score (nSPS) is 12.7. The Bertz CT molecular complexity index is 3070. The standard InChI is InChI=1S/C54H35N3/c1-4-17-38(18-5-1)51-55-52(57-53(56-51)47-28-15-20-37-30-31-39(34-48(37)47)44-27-14-19-36-16-10-11-25-43(36)44)40-32-33-46-45-26-12-13-29-49(45)54(50(46)35-40,41-21-6-2-7-22-41)42-23-8-3-9-24-42/h1-35H. The minimum Gasteiger partial charge on any atom is -0.208 e. The van der Waals surface area contributed by atoms with Gasteiger partial charge in [-0.1, -0.05) is 200 Å². The van der Waals surface area contributed by atoms with Gasteiger partial charge in [-0.05, 0) is 78.2 Å². The third kappa shape index (κ3) is 5.32. The first-order valence-corrected chi connectivity index (χ1v) is 19.4. The summed E-state index contributed by atoms with van der Waals surface area (Å²) in [7, 11) is 0. The highest BCUT2D eigenvalue weighted by Gasteiger charge is 2.46. The molecule has 0 spiro atoms. The van der Waals surface area contributed by atoms with Gasteiger partial charge in [-0.15, -0.1) is 0 Å². The molecule has 0 amide bonds. The minimum atomic E-state index is -0.532. The molecule has 0 bridgehead atoms. The van der Waals surface area contributed by atoms with Crippen LogP contribution in [0.1, 0.15) is 22.3 Å². The van der Waals surface area contributed by atoms with Crippen molar-refractivity contribution >= 4 is 21.5 Å². The Morgan fingerprint density at radius 3 is 1.56 bits per heavy atom. The van der Waals surface area contributed by atoms with Crippen molar-refractivity contribution in [1.29, 1.82) is 0 Å². The lowest BCUT2D eigenvalue weighted by Gasteiger charge is -2.34. The molecule has 0 fully saturated rings. The molecule has 0 aliphatic heterocycles. The largest absolute Gasteiger partial charge is 0.208 e. The molecule has 0 N–H and O–H groups in total. The molecule has 1 aliphatic carbocycles. The van der Waals surface area contributed by atoms with E-state index in [1.807, 2.05) is 18.2 Å². The fraction of sp³-hybridized carbons (Fsp3) is 0.0185. The lowest BCUT2D eigenvalue weighted by molar-refractivity contribution is 0.768. The molecule has 1 aromatic heterocycles. The van der Waals surface area contributed by atoms with Crippen LogP contribution in [-0.4, -0.2) is 15.0 Å². The molecule has 3 heteroatoms. The van der Waals surface area contributed by atoms with Gasteiger partial charge in [-0.2, -0.15) is 0 Å². The average Bonchev–Trinajstić information content (AvgIpc) is 3.59. The first-order valence-electron chi connectivity index (χ1n) is 19.4. The predicted octanol–water partition coefficient (Wildman–Crippen LogP) is 13.2. The van der Waals surface area contributed by atoms with E-state index in [-0.39, 0.29) is 0 Å². The van der Waals surface area contributed by atoms with Gasteiger partial charge in [0.15, 0.2) is 17.5 Å². The number of hydrogen-bond acceptors (Lipinski definition) is 3. The van der Waals surface area contributed by atoms with Gasteiger partial charge in [0.25, 0.3) is 0 Å². The number of nitrogens with zero attached hydrogens (tertiary/aromatic N) is 3. The van der Waals surface area contributed by atoms with Crippen LogP contribution in [0.3, 0.4) is 0 Å². The predicted molar refractivity (Wildman–Crippen MR) is 234 cm³/mol. The molecule has 57 heavy (non-hydrogen) atoms. The van der Waals surface area contributed by atoms with E-state index < -0.39 is 5.41 Å². The van der Waals surface area contributed by atoms with Crippen molar-refractivity contribution in [2.75, 3.05) is 0 Å². The smallest absolute Gasteiger partial charge is 0.164 e. The average molecular weight is 726 g/mol. The fourth-order valence-corrected chi connectivity index (χ4v) is 9.04. The molecule has 1 heterocycles. The zero-order valence-corrected chi connectivity index (χ0v) is 31.0. The Kier molecular flexibility index (Phi) is 7.71. The van der Waals surface area contributed by atoms with Crippen molar-refractivity contribution in [3.63, 3.8) is 0 Å². The molecule has 3 nitrogen and oxygen atoms in total. The van der Waals surface area contributed by atoms with E-state index in [2.05, 4.69) is 194 Å². The van der Waals surface area contributed by atoms with E-state index in [0.29, 0.717) is 17.5 Å². The summed E-state index contributed by atoms with van der Waals surface area (Å²) in [4.78, 5) is 15.8. The quantitative estimate of drug-likeness (QED) is 0.171. The summed E-state index contributed by atoms with van der Waals surface area (Å²) in [5, 5.41) is 4.67. The van der Waals surface area contributed by atoms with Gasteiger partial charge >= 0.3 is 0 Å². The monoisotopic (exact) mass is 725 g/mol. The number of aromatic nitrogens is 3. The third-order valence-corrected chi connectivity index (χ3v) is 11.6. The third-order valence-electron chi connectivity index (χ3n) is 11.6. The fourth-order valence-electron chi connectivity index (χ4n) is 9.04. The van der Waals surface area contributed by atoms with Crippen molar-refractivity contribution in [2.45, 2.75) is 5.41 Å². The van der Waals surface area contributed by atoms with Gasteiger partial charge < -0.3 is 0 Å². The molecule has 0 saturated heterocycles. The Morgan fingerprint density at radius 2 is 0.807 bits per heavy atom. The van der Waals surface area contributed by atoms with Crippen LogP contribution in [0.2, 0.25) is 0 Å². The van der Waals surface area contributed by atoms with Crippen LogP contribution in [0.15, 0.2) is 212 Å². The number of fused-ring (bicyclic) bond motifs is 5. The van der Waals surface area contributed by atoms with Crippen molar-refractivity contribution in [3.05, 3.63) is 235 Å². The summed E-state index contributed by atoms with van der Waals surface area (Å²) in [5.41, 5.74) is 12.1. The Hall–Kier alpha value is -7.49. The lowest BCUT2D eigenvalue weighted by Crippen LogP contribution is -2.28. The highest BCUT2D eigenvalue weighted by atomic mass is 15.0. The second kappa shape index (κ2) is 13.4. The van der Waals surface area contributed by atoms with E-state index in [0.717, 1.165) is 33.0 Å². The second-order valence-corrected chi connectivity index (χ2v) is 14.7. The Balaban J connectivity index is 1.14. The molecule has 0 saturated carbocycles. The molecule has 266 valence electrons. The summed E-state index contributed by atoms with van der Waals surface area (Å²) >= 11 is 0. The maximum Gasteiger partial charge on any atom is 0.164 e. The lowest BCUT2D eigenvalue weighted by atomic mass is 9.67. The number of hydrogen-bond donors (Lipinski definition) is 0. The molecule has 0 atom stereocenters. The van der Waals surface area contributed by atoms with Crippen molar-refractivity contribution in [3.8, 4) is 56.4 Å². The number of rotatable bonds is 6. The molecule has 11 rings (SSSR count). The summed E-state index contributed by atoms with van der Waals surface area (Å²) in [6.45, 7) is 0. The zero-order chi connectivity index (χ0) is 37.8. The zero-order valence-electron chi connectivity index (χ0n) is 31.0. The topological polar surface area (TPSA) is 38.7 Å². The first-order chi connectivity index (χ1) is 28.3. The van der Waals surface area contributed by atoms with Gasteiger partial charge in [0.05, 0.1) is 5.41 Å². The maximum absolute atomic E-state index is 5.35. The SMILES string of the molecule is c1ccc(-c2nc(-c3ccc4c(c3)C(c3ccccc3)(c3ccccc3)c3ccccc3-4)nc(-c3cccc4ccc(-c5cccc6ccccc56)cc34)n2)cc1. The van der Waals surface area contributed by atoms with Gasteiger partial charge in [0, 0.05) is 16.7 Å². The summed E-state index contributed by atoms with van der Waals surface area (Å²) in [5.74, 6) is 1.91. The molecule has 10 aromatic rings. The Morgan fingerprint density at radius 1 is 0.281 bits per heavy atom. The summed E-state index contributed by atoms with van der Waals surface area (Å²) in [6.07, 6.45) is 0. The molecule has 9 aromatic carbocycles. The van der Waals surface area contributed by atoms with Crippen LogP contribution in [0, 0.1) is 0 Å². The first kappa shape index (κ1) is 32.9. The van der Waals surface area contributed by atoms with Crippen LogP contribution >= 0.6 is 0 Å². The molecular weight excluding hydrogens is 691 g/mol. The van der Waals surface area contributed by atoms with Crippen LogP contribution in [0.25, 0.3) is 78.0 Å². The van der Waals surface area contributed by atoms with Gasteiger partial charge in [0.2, 0.25) is 0 Å². The Labute approximate surface area is 331 Å². The van der Waals surface area contributed by atoms with Gasteiger partial charge in [-0.3, -0.25) is 0 Å². The molecule has 0 unspecified atom stereocenters. The number of benzene rings is 9. The van der Waals surface area contributed by atoms with E-state index >= 15 is 0 Å². The molecular formula is C54H35N3. The maximum atomic E-state index is 5.35. The summed E-state index contributed by atoms with van der Waals surface area (Å²) in [6, 6.07) is 75.8. The summed E-state index contributed by atoms with van der Waals surface area (Å²) < 4.78 is 0.